The van der Waals surface area contributed by atoms with Crippen LogP contribution < -0.4 is 5.32 Å². The van der Waals surface area contributed by atoms with Gasteiger partial charge in [-0.25, -0.2) is 0 Å². The highest BCUT2D eigenvalue weighted by molar-refractivity contribution is 5.88. The van der Waals surface area contributed by atoms with Gasteiger partial charge < -0.3 is 10.2 Å². The third-order valence-corrected chi connectivity index (χ3v) is 4.62. The van der Waals surface area contributed by atoms with Crippen molar-refractivity contribution in [2.45, 2.75) is 57.4 Å². The van der Waals surface area contributed by atoms with Crippen molar-refractivity contribution in [3.8, 4) is 0 Å². The van der Waals surface area contributed by atoms with Gasteiger partial charge in [-0.3, -0.25) is 9.59 Å². The van der Waals surface area contributed by atoms with Gasteiger partial charge in [0.15, 0.2) is 0 Å². The molecule has 2 aliphatic carbocycles. The summed E-state index contributed by atoms with van der Waals surface area (Å²) in [6.45, 7) is 4.49. The lowest BCUT2D eigenvalue weighted by atomic mass is 9.93. The average Bonchev–Trinajstić information content (AvgIpc) is 3.15. The maximum Gasteiger partial charge on any atom is 0.226 e. The lowest BCUT2D eigenvalue weighted by Gasteiger charge is -2.24. The van der Waals surface area contributed by atoms with Gasteiger partial charge in [0.2, 0.25) is 11.8 Å². The van der Waals surface area contributed by atoms with Crippen LogP contribution in [-0.4, -0.2) is 36.3 Å². The monoisotopic (exact) mass is 292 g/mol. The summed E-state index contributed by atoms with van der Waals surface area (Å²) in [6.07, 6.45) is 9.88. The smallest absolute Gasteiger partial charge is 0.226 e. The lowest BCUT2D eigenvalue weighted by molar-refractivity contribution is -0.139. The maximum absolute atomic E-state index is 12.6. The van der Waals surface area contributed by atoms with Crippen LogP contribution in [0.2, 0.25) is 0 Å². The minimum absolute atomic E-state index is 0.103. The van der Waals surface area contributed by atoms with E-state index in [4.69, 9.17) is 0 Å². The zero-order chi connectivity index (χ0) is 15.2. The minimum Gasteiger partial charge on any atom is -0.353 e. The van der Waals surface area contributed by atoms with Crippen LogP contribution in [0.1, 0.15) is 51.4 Å². The van der Waals surface area contributed by atoms with Gasteiger partial charge in [0.1, 0.15) is 0 Å². The van der Waals surface area contributed by atoms with Gasteiger partial charge in [-0.15, -0.1) is 6.58 Å². The number of nitrogens with one attached hydrogen (secondary N) is 1. The summed E-state index contributed by atoms with van der Waals surface area (Å²) in [4.78, 5) is 26.6. The third kappa shape index (κ3) is 4.58. The Balaban J connectivity index is 1.81. The van der Waals surface area contributed by atoms with Crippen molar-refractivity contribution in [1.29, 1.82) is 0 Å². The average molecular weight is 292 g/mol. The van der Waals surface area contributed by atoms with Gasteiger partial charge in [0.05, 0.1) is 0 Å². The fourth-order valence-corrected chi connectivity index (χ4v) is 3.14. The molecule has 21 heavy (non-hydrogen) atoms. The van der Waals surface area contributed by atoms with Gasteiger partial charge in [0, 0.05) is 31.5 Å². The molecular formula is C17H28N2O2. The Kier molecular flexibility index (Phi) is 5.83. The van der Waals surface area contributed by atoms with Gasteiger partial charge in [-0.1, -0.05) is 12.5 Å². The van der Waals surface area contributed by atoms with Crippen LogP contribution in [0.25, 0.3) is 0 Å². The van der Waals surface area contributed by atoms with Crippen LogP contribution in [0.3, 0.4) is 0 Å². The van der Waals surface area contributed by atoms with Crippen molar-refractivity contribution in [3.05, 3.63) is 12.7 Å². The SMILES string of the molecule is C=CCCCCN(C)C(=O)C1CCCC1C(=O)NC1CC1. The van der Waals surface area contributed by atoms with E-state index >= 15 is 0 Å². The highest BCUT2D eigenvalue weighted by Crippen LogP contribution is 2.34. The molecule has 4 nitrogen and oxygen atoms in total. The van der Waals surface area contributed by atoms with E-state index in [0.29, 0.717) is 6.04 Å². The van der Waals surface area contributed by atoms with E-state index in [1.165, 1.54) is 0 Å². The number of rotatable bonds is 8. The topological polar surface area (TPSA) is 49.4 Å². The van der Waals surface area contributed by atoms with Crippen molar-refractivity contribution in [2.75, 3.05) is 13.6 Å². The highest BCUT2D eigenvalue weighted by Gasteiger charge is 2.40. The summed E-state index contributed by atoms with van der Waals surface area (Å²) < 4.78 is 0. The third-order valence-electron chi connectivity index (χ3n) is 4.62. The molecule has 1 N–H and O–H groups in total. The van der Waals surface area contributed by atoms with E-state index in [-0.39, 0.29) is 23.7 Å². The molecule has 0 aromatic heterocycles. The maximum atomic E-state index is 12.6. The zero-order valence-corrected chi connectivity index (χ0v) is 13.1. The largest absolute Gasteiger partial charge is 0.353 e. The number of hydrogen-bond donors (Lipinski definition) is 1. The Morgan fingerprint density at radius 3 is 2.57 bits per heavy atom. The van der Waals surface area contributed by atoms with Crippen LogP contribution in [0.15, 0.2) is 12.7 Å². The second-order valence-corrected chi connectivity index (χ2v) is 6.47. The molecule has 4 heteroatoms. The fraction of sp³-hybridized carbons (Fsp3) is 0.765. The Bertz CT molecular complexity index is 390. The fourth-order valence-electron chi connectivity index (χ4n) is 3.14. The number of nitrogens with zero attached hydrogens (tertiary/aromatic N) is 1. The zero-order valence-electron chi connectivity index (χ0n) is 13.1. The summed E-state index contributed by atoms with van der Waals surface area (Å²) in [5.74, 6) is 0.0531. The van der Waals surface area contributed by atoms with E-state index in [9.17, 15) is 9.59 Å². The Morgan fingerprint density at radius 1 is 1.19 bits per heavy atom. The minimum atomic E-state index is -0.104. The molecule has 0 bridgehead atoms. The van der Waals surface area contributed by atoms with E-state index in [2.05, 4.69) is 11.9 Å². The van der Waals surface area contributed by atoms with Crippen molar-refractivity contribution in [3.63, 3.8) is 0 Å². The first-order valence-corrected chi connectivity index (χ1v) is 8.29. The quantitative estimate of drug-likeness (QED) is 0.552. The molecule has 0 radical (unpaired) electrons. The van der Waals surface area contributed by atoms with Crippen LogP contribution >= 0.6 is 0 Å². The first kappa shape index (κ1) is 16.1. The normalized spacial score (nSPS) is 24.6. The Labute approximate surface area is 128 Å². The second kappa shape index (κ2) is 7.62. The van der Waals surface area contributed by atoms with Crippen molar-refractivity contribution < 1.29 is 9.59 Å². The molecule has 0 aromatic carbocycles. The van der Waals surface area contributed by atoms with Crippen molar-refractivity contribution >= 4 is 11.8 Å². The molecule has 0 aromatic rings. The van der Waals surface area contributed by atoms with Crippen LogP contribution in [-0.2, 0) is 9.59 Å². The van der Waals surface area contributed by atoms with Gasteiger partial charge in [-0.05, 0) is 44.9 Å². The number of carbonyl (C=O) groups is 2. The molecule has 118 valence electrons. The molecule has 0 heterocycles. The molecule has 2 amide bonds. The first-order valence-electron chi connectivity index (χ1n) is 8.29. The molecule has 2 rings (SSSR count). The van der Waals surface area contributed by atoms with E-state index in [1.807, 2.05) is 18.0 Å². The molecule has 2 fully saturated rings. The summed E-state index contributed by atoms with van der Waals surface area (Å²) in [6, 6.07) is 0.380. The van der Waals surface area contributed by atoms with Crippen LogP contribution in [0.4, 0.5) is 0 Å². The molecule has 0 aliphatic heterocycles. The Hall–Kier alpha value is -1.32. The number of hydrogen-bond acceptors (Lipinski definition) is 2. The summed E-state index contributed by atoms with van der Waals surface area (Å²) in [7, 11) is 1.87. The highest BCUT2D eigenvalue weighted by atomic mass is 16.2. The number of amides is 2. The predicted octanol–water partition coefficient (Wildman–Crippen LogP) is 2.50. The molecular weight excluding hydrogens is 264 g/mol. The van der Waals surface area contributed by atoms with Gasteiger partial charge >= 0.3 is 0 Å². The lowest BCUT2D eigenvalue weighted by Crippen LogP contribution is -2.41. The Morgan fingerprint density at radius 2 is 1.90 bits per heavy atom. The number of carbonyl (C=O) groups excluding carboxylic acids is 2. The van der Waals surface area contributed by atoms with Gasteiger partial charge in [0.25, 0.3) is 0 Å². The van der Waals surface area contributed by atoms with E-state index in [0.717, 1.165) is 57.9 Å². The van der Waals surface area contributed by atoms with Crippen molar-refractivity contribution in [1.82, 2.24) is 10.2 Å². The molecule has 2 saturated carbocycles. The van der Waals surface area contributed by atoms with Gasteiger partial charge in [-0.2, -0.15) is 0 Å². The number of allylic oxidation sites excluding steroid dienone is 1. The summed E-state index contributed by atoms with van der Waals surface area (Å²) >= 11 is 0. The standard InChI is InChI=1S/C17H28N2O2/c1-3-4-5-6-12-19(2)17(21)15-9-7-8-14(15)16(20)18-13-10-11-13/h3,13-15H,1,4-12H2,2H3,(H,18,20). The summed E-state index contributed by atoms with van der Waals surface area (Å²) in [5.41, 5.74) is 0. The van der Waals surface area contributed by atoms with Crippen molar-refractivity contribution in [2.24, 2.45) is 11.8 Å². The molecule has 2 aliphatic rings. The van der Waals surface area contributed by atoms with Crippen LogP contribution in [0, 0.1) is 11.8 Å². The predicted molar refractivity (Wildman–Crippen MR) is 83.7 cm³/mol. The van der Waals surface area contributed by atoms with E-state index < -0.39 is 0 Å². The summed E-state index contributed by atoms with van der Waals surface area (Å²) in [5, 5.41) is 3.06. The second-order valence-electron chi connectivity index (χ2n) is 6.47. The molecule has 2 atom stereocenters. The molecule has 2 unspecified atom stereocenters. The molecule has 0 saturated heterocycles. The number of unbranched alkanes of at least 4 members (excludes halogenated alkanes) is 2. The van der Waals surface area contributed by atoms with E-state index in [1.54, 1.807) is 0 Å². The van der Waals surface area contributed by atoms with Crippen LogP contribution in [0.5, 0.6) is 0 Å². The first-order chi connectivity index (χ1) is 10.1. The molecule has 0 spiro atoms.